The normalized spacial score (nSPS) is 16.4. The van der Waals surface area contributed by atoms with Crippen LogP contribution in [0.25, 0.3) is 0 Å². The monoisotopic (exact) mass is 422 g/mol. The van der Waals surface area contributed by atoms with Crippen LogP contribution in [0.4, 0.5) is 5.69 Å². The van der Waals surface area contributed by atoms with Gasteiger partial charge in [-0.1, -0.05) is 25.4 Å². The molecule has 1 atom stereocenters. The number of anilines is 1. The summed E-state index contributed by atoms with van der Waals surface area (Å²) in [5.74, 6) is 0.231. The molecule has 6 nitrogen and oxygen atoms in total. The van der Waals surface area contributed by atoms with Gasteiger partial charge < -0.3 is 10.1 Å². The van der Waals surface area contributed by atoms with Gasteiger partial charge in [-0.15, -0.1) is 0 Å². The molecule has 0 radical (unpaired) electrons. The van der Waals surface area contributed by atoms with E-state index in [9.17, 15) is 13.2 Å². The van der Waals surface area contributed by atoms with Crippen molar-refractivity contribution in [2.24, 2.45) is 5.92 Å². The van der Waals surface area contributed by atoms with Crippen LogP contribution in [-0.4, -0.2) is 38.3 Å². The number of carbonyl (C=O) groups excluding carboxylic acids is 1. The maximum absolute atomic E-state index is 12.6. The molecule has 2 aromatic carbocycles. The summed E-state index contributed by atoms with van der Waals surface area (Å²) >= 11 is 6.02. The molecule has 1 aliphatic heterocycles. The number of hydrogen-bond donors (Lipinski definition) is 1. The Kier molecular flexibility index (Phi) is 6.27. The minimum absolute atomic E-state index is 0.176. The first-order valence-corrected chi connectivity index (χ1v) is 11.0. The second-order valence-electron chi connectivity index (χ2n) is 6.57. The van der Waals surface area contributed by atoms with Crippen LogP contribution in [-0.2, 0) is 21.2 Å². The van der Waals surface area contributed by atoms with Gasteiger partial charge in [0.05, 0.1) is 10.8 Å². The van der Waals surface area contributed by atoms with Crippen LogP contribution >= 0.6 is 11.6 Å². The molecule has 150 valence electrons. The summed E-state index contributed by atoms with van der Waals surface area (Å²) in [4.78, 5) is 12.8. The van der Waals surface area contributed by atoms with Gasteiger partial charge in [-0.25, -0.2) is 8.42 Å². The fourth-order valence-corrected chi connectivity index (χ4v) is 4.85. The molecule has 0 saturated carbocycles. The Morgan fingerprint density at radius 1 is 1.18 bits per heavy atom. The van der Waals surface area contributed by atoms with Crippen molar-refractivity contribution >= 4 is 33.2 Å². The lowest BCUT2D eigenvalue weighted by atomic mass is 9.96. The molecular formula is C20H23ClN2O4S. The van der Waals surface area contributed by atoms with Crippen LogP contribution in [0.5, 0.6) is 5.75 Å². The number of benzene rings is 2. The van der Waals surface area contributed by atoms with E-state index < -0.39 is 10.0 Å². The minimum Gasteiger partial charge on any atom is -0.492 e. The first kappa shape index (κ1) is 20.6. The molecule has 28 heavy (non-hydrogen) atoms. The van der Waals surface area contributed by atoms with E-state index in [2.05, 4.69) is 5.32 Å². The zero-order valence-electron chi connectivity index (χ0n) is 15.8. The predicted octanol–water partition coefficient (Wildman–Crippen LogP) is 3.56. The second-order valence-corrected chi connectivity index (χ2v) is 8.94. The molecule has 0 aliphatic carbocycles. The molecule has 1 N–H and O–H groups in total. The highest BCUT2D eigenvalue weighted by Crippen LogP contribution is 2.30. The van der Waals surface area contributed by atoms with Gasteiger partial charge in [0, 0.05) is 23.8 Å². The van der Waals surface area contributed by atoms with Crippen LogP contribution in [0.1, 0.15) is 19.4 Å². The maximum atomic E-state index is 12.6. The molecule has 1 aliphatic rings. The molecule has 0 saturated heterocycles. The second kappa shape index (κ2) is 8.51. The fourth-order valence-electron chi connectivity index (χ4n) is 3.20. The van der Waals surface area contributed by atoms with E-state index in [-0.39, 0.29) is 23.3 Å². The summed E-state index contributed by atoms with van der Waals surface area (Å²) in [5.41, 5.74) is 1.44. The van der Waals surface area contributed by atoms with Gasteiger partial charge in [0.15, 0.2) is 0 Å². The average Bonchev–Trinajstić information content (AvgIpc) is 2.68. The fraction of sp³-hybridized carbons (Fsp3) is 0.350. The summed E-state index contributed by atoms with van der Waals surface area (Å²) in [6, 6.07) is 11.6. The zero-order valence-corrected chi connectivity index (χ0v) is 17.4. The SMILES string of the molecule is CCN(CC)S(=O)(=O)c1ccc(NC(=O)[C@H]2COc3ccc(Cl)cc3C2)cc1. The Morgan fingerprint density at radius 2 is 1.86 bits per heavy atom. The largest absolute Gasteiger partial charge is 0.492 e. The molecule has 0 aromatic heterocycles. The Labute approximate surface area is 170 Å². The first-order chi connectivity index (χ1) is 13.3. The molecule has 1 heterocycles. The quantitative estimate of drug-likeness (QED) is 0.772. The standard InChI is InChI=1S/C20H23ClN2O4S/c1-3-23(4-2)28(25,26)18-8-6-17(7-9-18)22-20(24)15-11-14-12-16(21)5-10-19(14)27-13-15/h5-10,12,15H,3-4,11,13H2,1-2H3,(H,22,24)/t15-/m1/s1. The van der Waals surface area contributed by atoms with E-state index in [4.69, 9.17) is 16.3 Å². The van der Waals surface area contributed by atoms with Gasteiger partial charge in [0.25, 0.3) is 0 Å². The molecule has 8 heteroatoms. The van der Waals surface area contributed by atoms with Crippen molar-refractivity contribution in [2.75, 3.05) is 25.0 Å². The number of sulfonamides is 1. The van der Waals surface area contributed by atoms with E-state index >= 15 is 0 Å². The third-order valence-electron chi connectivity index (χ3n) is 4.76. The highest BCUT2D eigenvalue weighted by atomic mass is 35.5. The molecule has 0 bridgehead atoms. The van der Waals surface area contributed by atoms with Crippen LogP contribution in [0.3, 0.4) is 0 Å². The lowest BCUT2D eigenvalue weighted by Gasteiger charge is -2.24. The summed E-state index contributed by atoms with van der Waals surface area (Å²) in [5, 5.41) is 3.44. The van der Waals surface area contributed by atoms with Crippen molar-refractivity contribution in [2.45, 2.75) is 25.2 Å². The number of nitrogens with zero attached hydrogens (tertiary/aromatic N) is 1. The Bertz CT molecular complexity index is 957. The number of ether oxygens (including phenoxy) is 1. The Morgan fingerprint density at radius 3 is 2.50 bits per heavy atom. The number of carbonyl (C=O) groups is 1. The lowest BCUT2D eigenvalue weighted by Crippen LogP contribution is -2.32. The van der Waals surface area contributed by atoms with Gasteiger partial charge >= 0.3 is 0 Å². The Hall–Kier alpha value is -2.09. The van der Waals surface area contributed by atoms with Gasteiger partial charge in [-0.3, -0.25) is 4.79 Å². The number of hydrogen-bond acceptors (Lipinski definition) is 4. The molecule has 1 amide bonds. The topological polar surface area (TPSA) is 75.7 Å². The number of fused-ring (bicyclic) bond motifs is 1. The van der Waals surface area contributed by atoms with E-state index in [1.807, 2.05) is 6.07 Å². The first-order valence-electron chi connectivity index (χ1n) is 9.17. The van der Waals surface area contributed by atoms with E-state index in [0.717, 1.165) is 11.3 Å². The maximum Gasteiger partial charge on any atom is 0.243 e. The Balaban J connectivity index is 1.68. The third kappa shape index (κ3) is 4.32. The van der Waals surface area contributed by atoms with Crippen molar-refractivity contribution in [3.8, 4) is 5.75 Å². The van der Waals surface area contributed by atoms with Crippen molar-refractivity contribution in [3.63, 3.8) is 0 Å². The number of halogens is 1. The highest BCUT2D eigenvalue weighted by Gasteiger charge is 2.26. The number of nitrogens with one attached hydrogen (secondary N) is 1. The van der Waals surface area contributed by atoms with Crippen LogP contribution in [0.2, 0.25) is 5.02 Å². The van der Waals surface area contributed by atoms with E-state index in [1.165, 1.54) is 16.4 Å². The average molecular weight is 423 g/mol. The number of rotatable bonds is 6. The summed E-state index contributed by atoms with van der Waals surface area (Å²) < 4.78 is 32.1. The number of amides is 1. The van der Waals surface area contributed by atoms with Gasteiger partial charge in [-0.2, -0.15) is 4.31 Å². The smallest absolute Gasteiger partial charge is 0.243 e. The van der Waals surface area contributed by atoms with E-state index in [0.29, 0.717) is 30.2 Å². The van der Waals surface area contributed by atoms with Crippen molar-refractivity contribution in [3.05, 3.63) is 53.1 Å². The van der Waals surface area contributed by atoms with Crippen molar-refractivity contribution in [1.82, 2.24) is 4.31 Å². The highest BCUT2D eigenvalue weighted by molar-refractivity contribution is 7.89. The van der Waals surface area contributed by atoms with Crippen LogP contribution in [0, 0.1) is 5.92 Å². The molecule has 0 spiro atoms. The molecule has 3 rings (SSSR count). The van der Waals surface area contributed by atoms with E-state index in [1.54, 1.807) is 38.1 Å². The van der Waals surface area contributed by atoms with Crippen LogP contribution < -0.4 is 10.1 Å². The summed E-state index contributed by atoms with van der Waals surface area (Å²) in [6.07, 6.45) is 0.538. The lowest BCUT2D eigenvalue weighted by molar-refractivity contribution is -0.121. The van der Waals surface area contributed by atoms with Gasteiger partial charge in [0.1, 0.15) is 12.4 Å². The summed E-state index contributed by atoms with van der Waals surface area (Å²) in [6.45, 7) is 4.70. The molecule has 0 fully saturated rings. The van der Waals surface area contributed by atoms with Crippen molar-refractivity contribution < 1.29 is 17.9 Å². The van der Waals surface area contributed by atoms with Gasteiger partial charge in [0.2, 0.25) is 15.9 Å². The van der Waals surface area contributed by atoms with Crippen molar-refractivity contribution in [1.29, 1.82) is 0 Å². The third-order valence-corrected chi connectivity index (χ3v) is 7.06. The molecule has 2 aromatic rings. The summed E-state index contributed by atoms with van der Waals surface area (Å²) in [7, 11) is -3.52. The molecule has 0 unspecified atom stereocenters. The molecular weight excluding hydrogens is 400 g/mol. The van der Waals surface area contributed by atoms with Crippen LogP contribution in [0.15, 0.2) is 47.4 Å². The zero-order chi connectivity index (χ0) is 20.3. The minimum atomic E-state index is -3.52. The predicted molar refractivity (Wildman–Crippen MR) is 109 cm³/mol. The van der Waals surface area contributed by atoms with Gasteiger partial charge in [-0.05, 0) is 54.4 Å².